The van der Waals surface area contributed by atoms with Gasteiger partial charge in [0.1, 0.15) is 7.14 Å². The third-order valence-electron chi connectivity index (χ3n) is 5.13. The highest BCUT2D eigenvalue weighted by atomic mass is 31.2. The summed E-state index contributed by atoms with van der Waals surface area (Å²) in [4.78, 5) is 11.4. The SMILES string of the molecule is Cc1cc(C)c(Cc2cc(C)nc(N(CP(C)(C)=O)c3ccc(C#N)cc3)n2)c(C)c1. The fraction of sp³-hybridized carbons (Fsp3) is 0.320. The van der Waals surface area contributed by atoms with Gasteiger partial charge in [0.2, 0.25) is 5.95 Å². The van der Waals surface area contributed by atoms with Crippen molar-refractivity contribution >= 4 is 18.8 Å². The van der Waals surface area contributed by atoms with Gasteiger partial charge >= 0.3 is 0 Å². The van der Waals surface area contributed by atoms with E-state index in [0.29, 0.717) is 24.2 Å². The van der Waals surface area contributed by atoms with Gasteiger partial charge < -0.3 is 9.46 Å². The Morgan fingerprint density at radius 2 is 1.58 bits per heavy atom. The molecular formula is C25H29N4OP. The van der Waals surface area contributed by atoms with Gasteiger partial charge in [-0.1, -0.05) is 17.7 Å². The highest BCUT2D eigenvalue weighted by molar-refractivity contribution is 7.62. The Morgan fingerprint density at radius 1 is 0.968 bits per heavy atom. The first-order valence-electron chi connectivity index (χ1n) is 10.3. The van der Waals surface area contributed by atoms with Crippen LogP contribution in [0, 0.1) is 39.0 Å². The van der Waals surface area contributed by atoms with Gasteiger partial charge in [-0.25, -0.2) is 9.97 Å². The lowest BCUT2D eigenvalue weighted by molar-refractivity contribution is 0.582. The van der Waals surface area contributed by atoms with E-state index in [1.165, 1.54) is 22.3 Å². The number of aryl methyl sites for hydroxylation is 4. The number of hydrogen-bond donors (Lipinski definition) is 0. The molecule has 3 aromatic rings. The molecular weight excluding hydrogens is 403 g/mol. The molecule has 0 spiro atoms. The Kier molecular flexibility index (Phi) is 6.62. The third kappa shape index (κ3) is 5.81. The van der Waals surface area contributed by atoms with E-state index in [0.717, 1.165) is 17.1 Å². The van der Waals surface area contributed by atoms with Crippen LogP contribution in [0.5, 0.6) is 0 Å². The maximum absolute atomic E-state index is 12.7. The molecule has 5 nitrogen and oxygen atoms in total. The van der Waals surface area contributed by atoms with Crippen LogP contribution in [0.25, 0.3) is 0 Å². The molecule has 0 aliphatic rings. The van der Waals surface area contributed by atoms with Crippen molar-refractivity contribution in [2.45, 2.75) is 34.1 Å². The number of aromatic nitrogens is 2. The summed E-state index contributed by atoms with van der Waals surface area (Å²) in [5.74, 6) is 0.533. The number of hydrogen-bond acceptors (Lipinski definition) is 5. The van der Waals surface area contributed by atoms with E-state index in [1.54, 1.807) is 25.5 Å². The van der Waals surface area contributed by atoms with Crippen LogP contribution in [0.2, 0.25) is 0 Å². The summed E-state index contributed by atoms with van der Waals surface area (Å²) >= 11 is 0. The first-order chi connectivity index (χ1) is 14.6. The fourth-order valence-electron chi connectivity index (χ4n) is 3.81. The molecule has 0 atom stereocenters. The molecule has 0 bridgehead atoms. The standard InChI is InChI=1S/C25H29N4OP/c1-17-11-18(2)24(19(3)12-17)14-22-13-20(4)27-25(28-22)29(16-31(5,6)30)23-9-7-21(15-26)8-10-23/h7-13H,14,16H2,1-6H3. The Morgan fingerprint density at radius 3 is 2.13 bits per heavy atom. The Bertz CT molecular complexity index is 1170. The van der Waals surface area contributed by atoms with Crippen LogP contribution in [-0.2, 0) is 11.0 Å². The molecule has 1 aromatic heterocycles. The molecule has 0 radical (unpaired) electrons. The zero-order valence-corrected chi connectivity index (χ0v) is 20.0. The minimum Gasteiger partial charge on any atom is -0.322 e. The molecule has 0 unspecified atom stereocenters. The van der Waals surface area contributed by atoms with E-state index in [1.807, 2.05) is 30.0 Å². The number of benzene rings is 2. The zero-order chi connectivity index (χ0) is 22.8. The summed E-state index contributed by atoms with van der Waals surface area (Å²) in [6.07, 6.45) is 1.04. The topological polar surface area (TPSA) is 69.9 Å². The van der Waals surface area contributed by atoms with Crippen LogP contribution >= 0.6 is 7.14 Å². The summed E-state index contributed by atoms with van der Waals surface area (Å²) in [5, 5.41) is 9.11. The van der Waals surface area contributed by atoms with Gasteiger partial charge in [0.15, 0.2) is 0 Å². The van der Waals surface area contributed by atoms with Gasteiger partial charge in [-0.15, -0.1) is 0 Å². The van der Waals surface area contributed by atoms with E-state index in [2.05, 4.69) is 44.0 Å². The van der Waals surface area contributed by atoms with Crippen LogP contribution in [0.3, 0.4) is 0 Å². The monoisotopic (exact) mass is 432 g/mol. The van der Waals surface area contributed by atoms with Crippen molar-refractivity contribution in [1.82, 2.24) is 9.97 Å². The smallest absolute Gasteiger partial charge is 0.230 e. The molecule has 0 fully saturated rings. The van der Waals surface area contributed by atoms with E-state index in [9.17, 15) is 4.57 Å². The Hall–Kier alpha value is -2.96. The molecule has 2 aromatic carbocycles. The highest BCUT2D eigenvalue weighted by Crippen LogP contribution is 2.40. The van der Waals surface area contributed by atoms with Crippen molar-refractivity contribution < 1.29 is 4.57 Å². The molecule has 0 saturated carbocycles. The summed E-state index contributed by atoms with van der Waals surface area (Å²) in [7, 11) is -2.41. The number of nitrogens with zero attached hydrogens (tertiary/aromatic N) is 4. The molecule has 0 N–H and O–H groups in total. The molecule has 0 aliphatic heterocycles. The summed E-state index contributed by atoms with van der Waals surface area (Å²) in [6.45, 7) is 11.9. The van der Waals surface area contributed by atoms with Crippen molar-refractivity contribution in [2.75, 3.05) is 24.5 Å². The largest absolute Gasteiger partial charge is 0.322 e. The second-order valence-electron chi connectivity index (χ2n) is 8.66. The lowest BCUT2D eigenvalue weighted by Crippen LogP contribution is -2.22. The number of nitriles is 1. The predicted molar refractivity (Wildman–Crippen MR) is 128 cm³/mol. The minimum absolute atomic E-state index is 0.324. The van der Waals surface area contributed by atoms with E-state index in [4.69, 9.17) is 10.2 Å². The fourth-order valence-corrected chi connectivity index (χ4v) is 4.79. The van der Waals surface area contributed by atoms with Crippen LogP contribution in [0.4, 0.5) is 11.6 Å². The van der Waals surface area contributed by atoms with E-state index >= 15 is 0 Å². The quantitative estimate of drug-likeness (QED) is 0.454. The minimum atomic E-state index is -2.41. The summed E-state index contributed by atoms with van der Waals surface area (Å²) < 4.78 is 12.7. The summed E-state index contributed by atoms with van der Waals surface area (Å²) in [6, 6.07) is 15.8. The van der Waals surface area contributed by atoms with Gasteiger partial charge in [0.25, 0.3) is 0 Å². The van der Waals surface area contributed by atoms with E-state index < -0.39 is 7.14 Å². The molecule has 1 heterocycles. The summed E-state index contributed by atoms with van der Waals surface area (Å²) in [5.41, 5.74) is 8.24. The maximum Gasteiger partial charge on any atom is 0.230 e. The number of anilines is 2. The second-order valence-corrected chi connectivity index (χ2v) is 12.1. The number of rotatable bonds is 6. The Balaban J connectivity index is 2.05. The molecule has 6 heteroatoms. The first kappa shape index (κ1) is 22.7. The second kappa shape index (κ2) is 9.04. The van der Waals surface area contributed by atoms with Gasteiger partial charge in [0, 0.05) is 17.8 Å². The van der Waals surface area contributed by atoms with Crippen molar-refractivity contribution in [3.05, 3.63) is 81.7 Å². The Labute approximate surface area is 185 Å². The maximum atomic E-state index is 12.7. The lowest BCUT2D eigenvalue weighted by Gasteiger charge is -2.25. The van der Waals surface area contributed by atoms with Gasteiger partial charge in [-0.2, -0.15) is 5.26 Å². The molecule has 3 rings (SSSR count). The zero-order valence-electron chi connectivity index (χ0n) is 19.1. The molecule has 31 heavy (non-hydrogen) atoms. The molecule has 160 valence electrons. The van der Waals surface area contributed by atoms with Crippen molar-refractivity contribution in [3.63, 3.8) is 0 Å². The average Bonchev–Trinajstić information content (AvgIpc) is 2.68. The normalized spacial score (nSPS) is 11.3. The molecule has 0 amide bonds. The first-order valence-corrected chi connectivity index (χ1v) is 13.1. The van der Waals surface area contributed by atoms with Crippen LogP contribution in [-0.4, -0.2) is 29.6 Å². The van der Waals surface area contributed by atoms with Crippen LogP contribution in [0.15, 0.2) is 42.5 Å². The lowest BCUT2D eigenvalue weighted by atomic mass is 9.96. The van der Waals surface area contributed by atoms with Gasteiger partial charge in [-0.05, 0) is 88.0 Å². The average molecular weight is 433 g/mol. The van der Waals surface area contributed by atoms with Crippen molar-refractivity contribution in [3.8, 4) is 6.07 Å². The predicted octanol–water partition coefficient (Wildman–Crippen LogP) is 5.89. The molecule has 0 aliphatic carbocycles. The highest BCUT2D eigenvalue weighted by Gasteiger charge is 2.21. The van der Waals surface area contributed by atoms with Crippen LogP contribution < -0.4 is 4.90 Å². The van der Waals surface area contributed by atoms with Gasteiger partial charge in [0.05, 0.1) is 23.6 Å². The van der Waals surface area contributed by atoms with E-state index in [-0.39, 0.29) is 0 Å². The molecule has 0 saturated heterocycles. The van der Waals surface area contributed by atoms with Gasteiger partial charge in [-0.3, -0.25) is 0 Å². The van der Waals surface area contributed by atoms with Crippen LogP contribution in [0.1, 0.15) is 39.2 Å². The third-order valence-corrected chi connectivity index (χ3v) is 6.09. The van der Waals surface area contributed by atoms with Crippen molar-refractivity contribution in [1.29, 1.82) is 5.26 Å². The van der Waals surface area contributed by atoms with Crippen molar-refractivity contribution in [2.24, 2.45) is 0 Å².